The molecular formula is C16H21ClN4O2S. The first kappa shape index (κ1) is 20.4. The summed E-state index contributed by atoms with van der Waals surface area (Å²) in [5.41, 5.74) is 1.80. The molecule has 2 N–H and O–H groups in total. The molecule has 0 aliphatic rings. The average molecular weight is 369 g/mol. The van der Waals surface area contributed by atoms with E-state index in [9.17, 15) is 4.79 Å². The highest BCUT2D eigenvalue weighted by Crippen LogP contribution is 2.27. The lowest BCUT2D eigenvalue weighted by molar-refractivity contribution is -0.115. The summed E-state index contributed by atoms with van der Waals surface area (Å²) in [5.74, 6) is -0.0731. The minimum absolute atomic E-state index is 0. The second kappa shape index (κ2) is 11.0. The lowest BCUT2D eigenvalue weighted by Gasteiger charge is -2.10. The fourth-order valence-corrected chi connectivity index (χ4v) is 2.66. The Morgan fingerprint density at radius 2 is 2.04 bits per heavy atom. The molecule has 0 aliphatic heterocycles. The third-order valence-corrected chi connectivity index (χ3v) is 3.87. The van der Waals surface area contributed by atoms with Gasteiger partial charge in [0, 0.05) is 36.6 Å². The summed E-state index contributed by atoms with van der Waals surface area (Å²) in [6, 6.07) is 7.64. The van der Waals surface area contributed by atoms with E-state index in [2.05, 4.69) is 20.6 Å². The third kappa shape index (κ3) is 6.84. The number of amides is 1. The van der Waals surface area contributed by atoms with Gasteiger partial charge in [-0.1, -0.05) is 0 Å². The van der Waals surface area contributed by atoms with Gasteiger partial charge >= 0.3 is 0 Å². The van der Waals surface area contributed by atoms with Gasteiger partial charge in [0.05, 0.1) is 13.2 Å². The van der Waals surface area contributed by atoms with Crippen LogP contribution in [-0.2, 0) is 9.53 Å². The topological polar surface area (TPSA) is 76.1 Å². The van der Waals surface area contributed by atoms with Crippen LogP contribution in [0.5, 0.6) is 0 Å². The van der Waals surface area contributed by atoms with Crippen molar-refractivity contribution in [2.24, 2.45) is 0 Å². The number of nitrogens with zero attached hydrogens (tertiary/aromatic N) is 2. The van der Waals surface area contributed by atoms with E-state index in [-0.39, 0.29) is 24.9 Å². The van der Waals surface area contributed by atoms with Gasteiger partial charge in [-0.2, -0.15) is 0 Å². The number of nitrogens with one attached hydrogen (secondary N) is 2. The molecule has 0 spiro atoms. The van der Waals surface area contributed by atoms with E-state index >= 15 is 0 Å². The maximum Gasteiger partial charge on any atom is 0.238 e. The smallest absolute Gasteiger partial charge is 0.238 e. The molecule has 0 saturated heterocycles. The van der Waals surface area contributed by atoms with E-state index < -0.39 is 0 Å². The number of aryl methyl sites for hydroxylation is 1. The quantitative estimate of drug-likeness (QED) is 0.551. The Morgan fingerprint density at radius 3 is 2.71 bits per heavy atom. The molecule has 130 valence electrons. The van der Waals surface area contributed by atoms with Gasteiger partial charge in [0.25, 0.3) is 0 Å². The maximum atomic E-state index is 11.9. The van der Waals surface area contributed by atoms with Crippen molar-refractivity contribution in [1.29, 1.82) is 0 Å². The largest absolute Gasteiger partial charge is 0.383 e. The average Bonchev–Trinajstić information content (AvgIpc) is 2.55. The number of rotatable bonds is 8. The molecule has 0 atom stereocenters. The van der Waals surface area contributed by atoms with Crippen molar-refractivity contribution >= 4 is 35.8 Å². The van der Waals surface area contributed by atoms with Crippen molar-refractivity contribution in [2.75, 3.05) is 32.1 Å². The minimum atomic E-state index is -0.0731. The molecule has 0 fully saturated rings. The molecule has 0 aliphatic carbocycles. The zero-order valence-corrected chi connectivity index (χ0v) is 15.2. The fraction of sp³-hybridized carbons (Fsp3) is 0.312. The monoisotopic (exact) mass is 368 g/mol. The molecule has 0 bridgehead atoms. The van der Waals surface area contributed by atoms with Crippen molar-refractivity contribution < 1.29 is 9.53 Å². The van der Waals surface area contributed by atoms with Crippen LogP contribution in [0.25, 0.3) is 0 Å². The summed E-state index contributed by atoms with van der Waals surface area (Å²) in [5, 5.41) is 6.61. The van der Waals surface area contributed by atoms with Gasteiger partial charge in [-0.05, 0) is 48.5 Å². The zero-order valence-electron chi connectivity index (χ0n) is 13.6. The number of aromatic nitrogens is 2. The highest BCUT2D eigenvalue weighted by molar-refractivity contribution is 7.99. The van der Waals surface area contributed by atoms with Crippen LogP contribution in [0.3, 0.4) is 0 Å². The van der Waals surface area contributed by atoms with Crippen molar-refractivity contribution in [3.8, 4) is 0 Å². The molecular weight excluding hydrogens is 348 g/mol. The molecule has 24 heavy (non-hydrogen) atoms. The van der Waals surface area contributed by atoms with Crippen LogP contribution >= 0.6 is 24.2 Å². The summed E-state index contributed by atoms with van der Waals surface area (Å²) < 4.78 is 4.92. The Morgan fingerprint density at radius 1 is 1.29 bits per heavy atom. The van der Waals surface area contributed by atoms with Gasteiger partial charge in [0.2, 0.25) is 5.91 Å². The summed E-state index contributed by atoms with van der Waals surface area (Å²) in [7, 11) is 1.63. The van der Waals surface area contributed by atoms with E-state index in [0.717, 1.165) is 16.1 Å². The van der Waals surface area contributed by atoms with Crippen LogP contribution in [0.15, 0.2) is 46.7 Å². The number of carbonyl (C=O) groups is 1. The fourth-order valence-electron chi connectivity index (χ4n) is 1.85. The van der Waals surface area contributed by atoms with Gasteiger partial charge in [-0.3, -0.25) is 4.79 Å². The number of anilines is 1. The van der Waals surface area contributed by atoms with Crippen molar-refractivity contribution in [2.45, 2.75) is 17.0 Å². The summed E-state index contributed by atoms with van der Waals surface area (Å²) in [4.78, 5) is 21.3. The Bertz CT molecular complexity index is 643. The van der Waals surface area contributed by atoms with E-state index in [1.54, 1.807) is 25.6 Å². The first-order valence-corrected chi connectivity index (χ1v) is 8.05. The highest BCUT2D eigenvalue weighted by atomic mass is 35.5. The summed E-state index contributed by atoms with van der Waals surface area (Å²) >= 11 is 1.49. The van der Waals surface area contributed by atoms with Crippen molar-refractivity contribution in [3.05, 3.63) is 42.2 Å². The van der Waals surface area contributed by atoms with Gasteiger partial charge in [-0.25, -0.2) is 9.97 Å². The minimum Gasteiger partial charge on any atom is -0.383 e. The van der Waals surface area contributed by atoms with Gasteiger partial charge < -0.3 is 15.4 Å². The second-order valence-corrected chi connectivity index (χ2v) is 5.87. The normalized spacial score (nSPS) is 10.1. The summed E-state index contributed by atoms with van der Waals surface area (Å²) in [6.07, 6.45) is 3.43. The van der Waals surface area contributed by atoms with E-state index in [1.165, 1.54) is 11.8 Å². The zero-order chi connectivity index (χ0) is 16.5. The molecule has 1 aromatic carbocycles. The Hall–Kier alpha value is -1.67. The Kier molecular flexibility index (Phi) is 9.33. The summed E-state index contributed by atoms with van der Waals surface area (Å²) in [6.45, 7) is 3.45. The predicted octanol–water partition coefficient (Wildman–Crippen LogP) is 2.53. The number of benzene rings is 1. The number of hydrogen-bond acceptors (Lipinski definition) is 6. The van der Waals surface area contributed by atoms with Crippen LogP contribution in [-0.4, -0.2) is 42.7 Å². The molecule has 1 heterocycles. The van der Waals surface area contributed by atoms with Crippen LogP contribution in [0.4, 0.5) is 5.69 Å². The molecule has 2 aromatic rings. The molecule has 8 heteroatoms. The number of carbonyl (C=O) groups excluding carboxylic acids is 1. The van der Waals surface area contributed by atoms with E-state index in [4.69, 9.17) is 4.74 Å². The number of hydrogen-bond donors (Lipinski definition) is 2. The predicted molar refractivity (Wildman–Crippen MR) is 98.0 cm³/mol. The number of methoxy groups -OCH3 is 1. The molecule has 2 rings (SSSR count). The van der Waals surface area contributed by atoms with Gasteiger partial charge in [0.15, 0.2) is 5.16 Å². The van der Waals surface area contributed by atoms with Gasteiger partial charge in [-0.15, -0.1) is 12.4 Å². The van der Waals surface area contributed by atoms with Gasteiger partial charge in [0.1, 0.15) is 0 Å². The molecule has 1 aromatic heterocycles. The molecule has 0 radical (unpaired) electrons. The molecule has 1 amide bonds. The molecule has 6 nitrogen and oxygen atoms in total. The molecule has 0 unspecified atom stereocenters. The van der Waals surface area contributed by atoms with E-state index in [1.807, 2.05) is 25.1 Å². The second-order valence-electron chi connectivity index (χ2n) is 4.83. The lowest BCUT2D eigenvalue weighted by atomic mass is 10.2. The van der Waals surface area contributed by atoms with Crippen LogP contribution in [0.2, 0.25) is 0 Å². The first-order valence-electron chi connectivity index (χ1n) is 7.24. The van der Waals surface area contributed by atoms with Crippen LogP contribution in [0.1, 0.15) is 5.56 Å². The Balaban J connectivity index is 0.00000288. The highest BCUT2D eigenvalue weighted by Gasteiger charge is 2.06. The first-order chi connectivity index (χ1) is 11.2. The van der Waals surface area contributed by atoms with Crippen LogP contribution in [0, 0.1) is 6.92 Å². The number of ether oxygens (including phenoxy) is 1. The van der Waals surface area contributed by atoms with E-state index in [0.29, 0.717) is 18.3 Å². The van der Waals surface area contributed by atoms with Crippen LogP contribution < -0.4 is 10.6 Å². The van der Waals surface area contributed by atoms with Crippen molar-refractivity contribution in [1.82, 2.24) is 15.3 Å². The maximum absolute atomic E-state index is 11.9. The molecule has 0 saturated carbocycles. The standard InChI is InChI=1S/C16H20N4O2S.ClH/c1-12-10-13(23-16-18-6-3-7-19-16)4-5-14(12)20-15(21)11-17-8-9-22-2;/h3-7,10,17H,8-9,11H2,1-2H3,(H,20,21);1H. The lowest BCUT2D eigenvalue weighted by Crippen LogP contribution is -2.30. The third-order valence-electron chi connectivity index (χ3n) is 2.99. The van der Waals surface area contributed by atoms with Crippen molar-refractivity contribution in [3.63, 3.8) is 0 Å². The SMILES string of the molecule is COCCNCC(=O)Nc1ccc(Sc2ncccn2)cc1C.Cl. The number of halogens is 1. The Labute approximate surface area is 152 Å².